The van der Waals surface area contributed by atoms with Gasteiger partial charge < -0.3 is 5.32 Å². The zero-order chi connectivity index (χ0) is 22.7. The lowest BCUT2D eigenvalue weighted by molar-refractivity contribution is -0.113. The van der Waals surface area contributed by atoms with E-state index in [1.54, 1.807) is 24.3 Å². The van der Waals surface area contributed by atoms with E-state index in [-0.39, 0.29) is 23.1 Å². The van der Waals surface area contributed by atoms with E-state index in [2.05, 4.69) is 24.1 Å². The highest BCUT2D eigenvalue weighted by Crippen LogP contribution is 2.25. The second-order valence-corrected chi connectivity index (χ2v) is 8.55. The zero-order valence-corrected chi connectivity index (χ0v) is 18.5. The summed E-state index contributed by atoms with van der Waals surface area (Å²) in [5, 5.41) is 3.78. The molecular formula is C25H22FN3O2S. The fourth-order valence-corrected chi connectivity index (χ4v) is 4.27. The molecule has 32 heavy (non-hydrogen) atoms. The predicted molar refractivity (Wildman–Crippen MR) is 127 cm³/mol. The Hall–Kier alpha value is -3.45. The van der Waals surface area contributed by atoms with Gasteiger partial charge in [-0.25, -0.2) is 9.37 Å². The minimum Gasteiger partial charge on any atom is -0.325 e. The number of hydrogen-bond donors (Lipinski definition) is 1. The Morgan fingerprint density at radius 1 is 1.03 bits per heavy atom. The Labute approximate surface area is 189 Å². The molecule has 0 saturated carbocycles. The molecule has 162 valence electrons. The molecule has 0 atom stereocenters. The van der Waals surface area contributed by atoms with E-state index in [0.717, 1.165) is 23.0 Å². The average molecular weight is 448 g/mol. The number of nitrogens with one attached hydrogen (secondary N) is 1. The Bertz CT molecular complexity index is 1330. The second-order valence-electron chi connectivity index (χ2n) is 7.61. The van der Waals surface area contributed by atoms with Crippen molar-refractivity contribution in [3.63, 3.8) is 0 Å². The highest BCUT2D eigenvalue weighted by Gasteiger charge is 2.16. The number of amides is 1. The third-order valence-electron chi connectivity index (χ3n) is 5.02. The van der Waals surface area contributed by atoms with Crippen molar-refractivity contribution >= 4 is 34.3 Å². The lowest BCUT2D eigenvalue weighted by Gasteiger charge is -2.15. The molecule has 0 aliphatic heterocycles. The van der Waals surface area contributed by atoms with Crippen molar-refractivity contribution in [3.8, 4) is 5.69 Å². The minimum absolute atomic E-state index is 0.0679. The summed E-state index contributed by atoms with van der Waals surface area (Å²) >= 11 is 1.16. The molecule has 1 aromatic heterocycles. The van der Waals surface area contributed by atoms with Gasteiger partial charge >= 0.3 is 0 Å². The largest absolute Gasteiger partial charge is 0.325 e. The molecule has 0 radical (unpaired) electrons. The third-order valence-corrected chi connectivity index (χ3v) is 5.96. The van der Waals surface area contributed by atoms with Crippen molar-refractivity contribution < 1.29 is 9.18 Å². The standard InChI is InChI=1S/C25H22FN3O2S/c1-16(2)19-7-3-5-9-21(19)27-23(30)15-32-25-28-22-10-6-4-8-20(22)24(31)29(25)18-13-11-17(26)12-14-18/h3-14,16H,15H2,1-2H3,(H,27,30). The van der Waals surface area contributed by atoms with Gasteiger partial charge in [-0.1, -0.05) is 55.9 Å². The Morgan fingerprint density at radius 3 is 2.47 bits per heavy atom. The smallest absolute Gasteiger partial charge is 0.266 e. The summed E-state index contributed by atoms with van der Waals surface area (Å²) in [5.74, 6) is -0.257. The van der Waals surface area contributed by atoms with Crippen LogP contribution in [0.5, 0.6) is 0 Å². The molecule has 0 aliphatic rings. The van der Waals surface area contributed by atoms with E-state index in [9.17, 15) is 14.0 Å². The van der Waals surface area contributed by atoms with Crippen LogP contribution < -0.4 is 10.9 Å². The molecule has 0 saturated heterocycles. The van der Waals surface area contributed by atoms with E-state index in [1.807, 2.05) is 24.3 Å². The molecule has 1 heterocycles. The van der Waals surface area contributed by atoms with Gasteiger partial charge in [0.25, 0.3) is 5.56 Å². The maximum absolute atomic E-state index is 13.4. The zero-order valence-electron chi connectivity index (χ0n) is 17.7. The van der Waals surface area contributed by atoms with Crippen LogP contribution in [0.3, 0.4) is 0 Å². The van der Waals surface area contributed by atoms with Gasteiger partial charge in [0.15, 0.2) is 5.16 Å². The molecule has 1 amide bonds. The van der Waals surface area contributed by atoms with Gasteiger partial charge in [-0.3, -0.25) is 14.2 Å². The van der Waals surface area contributed by atoms with Crippen LogP contribution in [0.15, 0.2) is 82.7 Å². The number of halogens is 1. The molecule has 0 unspecified atom stereocenters. The van der Waals surface area contributed by atoms with E-state index in [0.29, 0.717) is 21.7 Å². The molecule has 4 aromatic rings. The summed E-state index contributed by atoms with van der Waals surface area (Å²) in [5.41, 5.74) is 2.59. The number of carbonyl (C=O) groups excluding carboxylic acids is 1. The fourth-order valence-electron chi connectivity index (χ4n) is 3.46. The van der Waals surface area contributed by atoms with Gasteiger partial charge in [0.1, 0.15) is 5.82 Å². The normalized spacial score (nSPS) is 11.1. The van der Waals surface area contributed by atoms with Crippen molar-refractivity contribution in [1.82, 2.24) is 9.55 Å². The summed E-state index contributed by atoms with van der Waals surface area (Å²) in [6.45, 7) is 4.14. The Morgan fingerprint density at radius 2 is 1.72 bits per heavy atom. The summed E-state index contributed by atoms with van der Waals surface area (Å²) < 4.78 is 14.9. The Balaban J connectivity index is 1.65. The number of carbonyl (C=O) groups is 1. The van der Waals surface area contributed by atoms with Gasteiger partial charge in [-0.05, 0) is 53.9 Å². The molecule has 5 nitrogen and oxygen atoms in total. The van der Waals surface area contributed by atoms with Crippen LogP contribution in [-0.4, -0.2) is 21.2 Å². The first-order chi connectivity index (χ1) is 15.4. The van der Waals surface area contributed by atoms with Crippen molar-refractivity contribution in [2.45, 2.75) is 24.9 Å². The third kappa shape index (κ3) is 4.57. The number of rotatable bonds is 6. The molecule has 0 aliphatic carbocycles. The molecule has 0 spiro atoms. The van der Waals surface area contributed by atoms with Crippen molar-refractivity contribution in [2.24, 2.45) is 0 Å². The lowest BCUT2D eigenvalue weighted by Crippen LogP contribution is -2.23. The van der Waals surface area contributed by atoms with Gasteiger partial charge in [0.2, 0.25) is 5.91 Å². The molecule has 4 rings (SSSR count). The molecule has 1 N–H and O–H groups in total. The maximum atomic E-state index is 13.4. The number of para-hydroxylation sites is 2. The number of aromatic nitrogens is 2. The first kappa shape index (κ1) is 21.8. The van der Waals surface area contributed by atoms with Crippen LogP contribution in [0.4, 0.5) is 10.1 Å². The van der Waals surface area contributed by atoms with Crippen LogP contribution in [0.1, 0.15) is 25.3 Å². The van der Waals surface area contributed by atoms with Crippen molar-refractivity contribution in [2.75, 3.05) is 11.1 Å². The van der Waals surface area contributed by atoms with Gasteiger partial charge in [-0.15, -0.1) is 0 Å². The van der Waals surface area contributed by atoms with Gasteiger partial charge in [0.05, 0.1) is 22.3 Å². The van der Waals surface area contributed by atoms with Crippen LogP contribution in [0.2, 0.25) is 0 Å². The molecule has 0 bridgehead atoms. The number of anilines is 1. The van der Waals surface area contributed by atoms with E-state index < -0.39 is 5.82 Å². The van der Waals surface area contributed by atoms with Crippen molar-refractivity contribution in [1.29, 1.82) is 0 Å². The number of fused-ring (bicyclic) bond motifs is 1. The Kier molecular flexibility index (Phi) is 6.37. The van der Waals surface area contributed by atoms with E-state index in [1.165, 1.54) is 28.8 Å². The van der Waals surface area contributed by atoms with E-state index >= 15 is 0 Å². The topological polar surface area (TPSA) is 64.0 Å². The number of thioether (sulfide) groups is 1. The van der Waals surface area contributed by atoms with E-state index in [4.69, 9.17) is 0 Å². The van der Waals surface area contributed by atoms with Gasteiger partial charge in [0, 0.05) is 5.69 Å². The molecular weight excluding hydrogens is 425 g/mol. The maximum Gasteiger partial charge on any atom is 0.266 e. The monoisotopic (exact) mass is 447 g/mol. The highest BCUT2D eigenvalue weighted by atomic mass is 32.2. The van der Waals surface area contributed by atoms with Crippen LogP contribution in [0.25, 0.3) is 16.6 Å². The average Bonchev–Trinajstić information content (AvgIpc) is 2.79. The fraction of sp³-hybridized carbons (Fsp3) is 0.160. The summed E-state index contributed by atoms with van der Waals surface area (Å²) in [6, 6.07) is 20.4. The highest BCUT2D eigenvalue weighted by molar-refractivity contribution is 7.99. The lowest BCUT2D eigenvalue weighted by atomic mass is 10.0. The predicted octanol–water partition coefficient (Wildman–Crippen LogP) is 5.38. The summed E-state index contributed by atoms with van der Waals surface area (Å²) in [4.78, 5) is 30.5. The first-order valence-electron chi connectivity index (χ1n) is 10.2. The summed E-state index contributed by atoms with van der Waals surface area (Å²) in [7, 11) is 0. The quantitative estimate of drug-likeness (QED) is 0.318. The van der Waals surface area contributed by atoms with Crippen LogP contribution >= 0.6 is 11.8 Å². The molecule has 0 fully saturated rings. The number of hydrogen-bond acceptors (Lipinski definition) is 4. The molecule has 3 aromatic carbocycles. The van der Waals surface area contributed by atoms with Crippen LogP contribution in [0, 0.1) is 5.82 Å². The first-order valence-corrected chi connectivity index (χ1v) is 11.2. The number of benzene rings is 3. The second kappa shape index (κ2) is 9.36. The van der Waals surface area contributed by atoms with Crippen molar-refractivity contribution in [3.05, 3.63) is 94.5 Å². The van der Waals surface area contributed by atoms with Crippen LogP contribution in [-0.2, 0) is 4.79 Å². The minimum atomic E-state index is -0.395. The summed E-state index contributed by atoms with van der Waals surface area (Å²) in [6.07, 6.45) is 0. The van der Waals surface area contributed by atoms with Gasteiger partial charge in [-0.2, -0.15) is 0 Å². The SMILES string of the molecule is CC(C)c1ccccc1NC(=O)CSc1nc2ccccc2c(=O)n1-c1ccc(F)cc1. The molecule has 7 heteroatoms. The number of nitrogens with zero attached hydrogens (tertiary/aromatic N) is 2.